The molecule has 0 spiro atoms. The summed E-state index contributed by atoms with van der Waals surface area (Å²) in [6.45, 7) is 5.59. The van der Waals surface area contributed by atoms with Gasteiger partial charge in [0, 0.05) is 39.9 Å². The summed E-state index contributed by atoms with van der Waals surface area (Å²) < 4.78 is 34.5. The van der Waals surface area contributed by atoms with Crippen LogP contribution in [0.15, 0.2) is 0 Å². The van der Waals surface area contributed by atoms with E-state index in [9.17, 15) is 14.0 Å². The maximum atomic E-state index is 13.4. The third-order valence-corrected chi connectivity index (χ3v) is 4.15. The highest BCUT2D eigenvalue weighted by Gasteiger charge is 2.07. The van der Waals surface area contributed by atoms with E-state index in [1.54, 1.807) is 6.92 Å². The van der Waals surface area contributed by atoms with Crippen molar-refractivity contribution in [2.45, 2.75) is 58.0 Å². The molecule has 0 heterocycles. The van der Waals surface area contributed by atoms with E-state index in [1.165, 1.54) is 7.11 Å². The van der Waals surface area contributed by atoms with Gasteiger partial charge in [0.15, 0.2) is 0 Å². The Balaban J connectivity index is 3.16. The maximum Gasteiger partial charge on any atom is 0.245 e. The molecule has 0 aromatic rings. The van der Waals surface area contributed by atoms with E-state index in [-0.39, 0.29) is 31.6 Å². The number of alkyl halides is 1. The summed E-state index contributed by atoms with van der Waals surface area (Å²) >= 11 is 0. The van der Waals surface area contributed by atoms with Gasteiger partial charge in [0.25, 0.3) is 0 Å². The van der Waals surface area contributed by atoms with Crippen LogP contribution in [0, 0.1) is 0 Å². The second-order valence-electron chi connectivity index (χ2n) is 6.96. The SMILES string of the molecule is CCC(=O)NCC(F)COCCCCCOCCOCCCCCNC(=O)COC. The molecular formula is C21H41FN2O6. The molecule has 0 aromatic heterocycles. The summed E-state index contributed by atoms with van der Waals surface area (Å²) in [5.41, 5.74) is 0. The van der Waals surface area contributed by atoms with Crippen LogP contribution < -0.4 is 10.6 Å². The van der Waals surface area contributed by atoms with Gasteiger partial charge in [-0.15, -0.1) is 0 Å². The van der Waals surface area contributed by atoms with E-state index in [1.807, 2.05) is 0 Å². The number of rotatable bonds is 22. The zero-order valence-corrected chi connectivity index (χ0v) is 18.7. The highest BCUT2D eigenvalue weighted by Crippen LogP contribution is 1.99. The van der Waals surface area contributed by atoms with E-state index in [0.717, 1.165) is 38.5 Å². The average molecular weight is 437 g/mol. The highest BCUT2D eigenvalue weighted by atomic mass is 19.1. The van der Waals surface area contributed by atoms with E-state index in [4.69, 9.17) is 18.9 Å². The summed E-state index contributed by atoms with van der Waals surface area (Å²) in [4.78, 5) is 22.2. The van der Waals surface area contributed by atoms with Crippen molar-refractivity contribution in [3.63, 3.8) is 0 Å². The molecule has 0 aliphatic carbocycles. The Morgan fingerprint density at radius 3 is 2.00 bits per heavy atom. The summed E-state index contributed by atoms with van der Waals surface area (Å²) in [5.74, 6) is -0.232. The zero-order chi connectivity index (χ0) is 22.3. The Hall–Kier alpha value is -1.29. The van der Waals surface area contributed by atoms with Gasteiger partial charge < -0.3 is 29.6 Å². The lowest BCUT2D eigenvalue weighted by atomic mass is 10.2. The fourth-order valence-electron chi connectivity index (χ4n) is 2.44. The van der Waals surface area contributed by atoms with Crippen molar-refractivity contribution in [3.8, 4) is 0 Å². The summed E-state index contributed by atoms with van der Waals surface area (Å²) in [6, 6.07) is 0. The molecule has 0 aromatic carbocycles. The molecular weight excluding hydrogens is 395 g/mol. The van der Waals surface area contributed by atoms with Crippen LogP contribution in [0.5, 0.6) is 0 Å². The molecule has 1 atom stereocenters. The highest BCUT2D eigenvalue weighted by molar-refractivity contribution is 5.77. The predicted octanol–water partition coefficient (Wildman–Crippen LogP) is 2.00. The number of hydrogen-bond donors (Lipinski definition) is 2. The molecule has 1 unspecified atom stereocenters. The minimum absolute atomic E-state index is 0.00961. The molecule has 0 saturated carbocycles. The van der Waals surface area contributed by atoms with E-state index < -0.39 is 6.17 Å². The number of carbonyl (C=O) groups is 2. The van der Waals surface area contributed by atoms with Crippen LogP contribution >= 0.6 is 0 Å². The number of ether oxygens (including phenoxy) is 4. The van der Waals surface area contributed by atoms with E-state index in [0.29, 0.717) is 46.0 Å². The first-order chi connectivity index (χ1) is 14.6. The van der Waals surface area contributed by atoms with Crippen LogP contribution in [0.2, 0.25) is 0 Å². The van der Waals surface area contributed by atoms with Crippen LogP contribution in [-0.4, -0.2) is 84.4 Å². The molecule has 2 N–H and O–H groups in total. The monoisotopic (exact) mass is 436 g/mol. The Bertz CT molecular complexity index is 415. The number of amides is 2. The van der Waals surface area contributed by atoms with Gasteiger partial charge >= 0.3 is 0 Å². The van der Waals surface area contributed by atoms with Gasteiger partial charge in [-0.3, -0.25) is 9.59 Å². The van der Waals surface area contributed by atoms with Crippen molar-refractivity contribution in [2.24, 2.45) is 0 Å². The van der Waals surface area contributed by atoms with Crippen molar-refractivity contribution < 1.29 is 32.9 Å². The lowest BCUT2D eigenvalue weighted by molar-refractivity contribution is -0.124. The van der Waals surface area contributed by atoms with Crippen molar-refractivity contribution in [1.29, 1.82) is 0 Å². The molecule has 0 fully saturated rings. The summed E-state index contributed by atoms with van der Waals surface area (Å²) in [5, 5.41) is 5.29. The van der Waals surface area contributed by atoms with Crippen LogP contribution in [0.3, 0.4) is 0 Å². The molecule has 0 rings (SSSR count). The third-order valence-electron chi connectivity index (χ3n) is 4.15. The summed E-state index contributed by atoms with van der Waals surface area (Å²) in [6.07, 6.45) is 4.86. The van der Waals surface area contributed by atoms with Gasteiger partial charge in [0.1, 0.15) is 12.8 Å². The molecule has 9 heteroatoms. The van der Waals surface area contributed by atoms with Gasteiger partial charge in [0.2, 0.25) is 11.8 Å². The van der Waals surface area contributed by atoms with Crippen LogP contribution in [-0.2, 0) is 28.5 Å². The van der Waals surface area contributed by atoms with Gasteiger partial charge in [-0.05, 0) is 38.5 Å². The Morgan fingerprint density at radius 1 is 0.800 bits per heavy atom. The second kappa shape index (κ2) is 22.4. The van der Waals surface area contributed by atoms with Crippen LogP contribution in [0.25, 0.3) is 0 Å². The van der Waals surface area contributed by atoms with Gasteiger partial charge in [-0.2, -0.15) is 0 Å². The largest absolute Gasteiger partial charge is 0.379 e. The lowest BCUT2D eigenvalue weighted by Gasteiger charge is -2.10. The summed E-state index contributed by atoms with van der Waals surface area (Å²) in [7, 11) is 1.50. The van der Waals surface area contributed by atoms with E-state index >= 15 is 0 Å². The number of unbranched alkanes of at least 4 members (excludes halogenated alkanes) is 4. The lowest BCUT2D eigenvalue weighted by Crippen LogP contribution is -2.31. The maximum absolute atomic E-state index is 13.4. The number of hydrogen-bond acceptors (Lipinski definition) is 6. The fraction of sp³-hybridized carbons (Fsp3) is 0.905. The van der Waals surface area contributed by atoms with Crippen LogP contribution in [0.1, 0.15) is 51.9 Å². The Kier molecular flexibility index (Phi) is 21.4. The minimum Gasteiger partial charge on any atom is -0.379 e. The Labute approximate surface area is 180 Å². The van der Waals surface area contributed by atoms with Crippen molar-refractivity contribution in [3.05, 3.63) is 0 Å². The van der Waals surface area contributed by atoms with Gasteiger partial charge in [-0.1, -0.05) is 6.92 Å². The molecule has 2 amide bonds. The Morgan fingerprint density at radius 2 is 1.40 bits per heavy atom. The predicted molar refractivity (Wildman–Crippen MR) is 113 cm³/mol. The van der Waals surface area contributed by atoms with Crippen molar-refractivity contribution in [2.75, 3.05) is 66.4 Å². The normalized spacial score (nSPS) is 12.0. The smallest absolute Gasteiger partial charge is 0.245 e. The fourth-order valence-corrected chi connectivity index (χ4v) is 2.44. The molecule has 0 bridgehead atoms. The first-order valence-electron chi connectivity index (χ1n) is 11.0. The molecule has 0 saturated heterocycles. The molecule has 0 aliphatic rings. The van der Waals surface area contributed by atoms with Gasteiger partial charge in [0.05, 0.1) is 26.4 Å². The number of halogens is 1. The molecule has 30 heavy (non-hydrogen) atoms. The van der Waals surface area contributed by atoms with Crippen LogP contribution in [0.4, 0.5) is 4.39 Å². The second-order valence-corrected chi connectivity index (χ2v) is 6.96. The quantitative estimate of drug-likeness (QED) is 0.252. The standard InChI is InChI=1S/C21H41FN2O6/c1-3-20(25)24-16-19(22)17-30-13-9-5-8-12-29-15-14-28-11-7-4-6-10-23-21(26)18-27-2/h19H,3-18H2,1-2H3,(H,23,26)(H,24,25). The van der Waals surface area contributed by atoms with E-state index in [2.05, 4.69) is 10.6 Å². The number of methoxy groups -OCH3 is 1. The average Bonchev–Trinajstić information content (AvgIpc) is 2.74. The molecule has 8 nitrogen and oxygen atoms in total. The van der Waals surface area contributed by atoms with Crippen molar-refractivity contribution >= 4 is 11.8 Å². The first kappa shape index (κ1) is 28.7. The van der Waals surface area contributed by atoms with Gasteiger partial charge in [-0.25, -0.2) is 4.39 Å². The first-order valence-corrected chi connectivity index (χ1v) is 11.0. The third kappa shape index (κ3) is 21.4. The minimum atomic E-state index is -1.16. The van der Waals surface area contributed by atoms with Crippen molar-refractivity contribution in [1.82, 2.24) is 10.6 Å². The molecule has 178 valence electrons. The number of carbonyl (C=O) groups excluding carboxylic acids is 2. The topological polar surface area (TPSA) is 95.1 Å². The molecule has 0 radical (unpaired) electrons. The molecule has 0 aliphatic heterocycles. The number of nitrogens with one attached hydrogen (secondary N) is 2. The zero-order valence-electron chi connectivity index (χ0n) is 18.7.